The van der Waals surface area contributed by atoms with Crippen LogP contribution in [0.15, 0.2) is 18.2 Å². The van der Waals surface area contributed by atoms with E-state index in [1.165, 1.54) is 18.9 Å². The van der Waals surface area contributed by atoms with E-state index in [0.29, 0.717) is 29.3 Å². The lowest BCUT2D eigenvalue weighted by Gasteiger charge is -2.21. The van der Waals surface area contributed by atoms with Crippen molar-refractivity contribution in [1.29, 1.82) is 0 Å². The van der Waals surface area contributed by atoms with Crippen LogP contribution in [0.2, 0.25) is 10.0 Å². The van der Waals surface area contributed by atoms with Crippen molar-refractivity contribution in [1.82, 2.24) is 4.90 Å². The third-order valence-corrected chi connectivity index (χ3v) is 3.91. The molecule has 0 spiro atoms. The molecule has 0 aromatic heterocycles. The van der Waals surface area contributed by atoms with E-state index >= 15 is 0 Å². The normalized spacial score (nSPS) is 12.0. The number of benzene rings is 1. The Balaban J connectivity index is 2.45. The van der Waals surface area contributed by atoms with Crippen molar-refractivity contribution in [3.63, 3.8) is 0 Å². The van der Waals surface area contributed by atoms with Crippen LogP contribution in [0.5, 0.6) is 0 Å². The predicted octanol–water partition coefficient (Wildman–Crippen LogP) is 3.25. The number of amides is 1. The zero-order chi connectivity index (χ0) is 15.3. The number of aliphatic carboxylic acids is 1. The third-order valence-electron chi connectivity index (χ3n) is 3.17. The van der Waals surface area contributed by atoms with Crippen molar-refractivity contribution in [3.05, 3.63) is 33.8 Å². The maximum atomic E-state index is 11.8. The minimum Gasteiger partial charge on any atom is -0.480 e. The summed E-state index contributed by atoms with van der Waals surface area (Å²) in [7, 11) is 1.50. The Morgan fingerprint density at radius 1 is 1.30 bits per heavy atom. The quantitative estimate of drug-likeness (QED) is 0.876. The highest BCUT2D eigenvalue weighted by Gasteiger charge is 2.20. The molecule has 0 aliphatic carbocycles. The van der Waals surface area contributed by atoms with Crippen molar-refractivity contribution >= 4 is 35.1 Å². The summed E-state index contributed by atoms with van der Waals surface area (Å²) in [5.74, 6) is -1.19. The topological polar surface area (TPSA) is 57.6 Å². The van der Waals surface area contributed by atoms with E-state index in [2.05, 4.69) is 0 Å². The van der Waals surface area contributed by atoms with Gasteiger partial charge in [-0.3, -0.25) is 4.79 Å². The number of nitrogens with zero attached hydrogens (tertiary/aromatic N) is 1. The van der Waals surface area contributed by atoms with E-state index in [4.69, 9.17) is 28.3 Å². The highest BCUT2D eigenvalue weighted by Crippen LogP contribution is 2.23. The van der Waals surface area contributed by atoms with Gasteiger partial charge in [0.15, 0.2) is 0 Å². The Kier molecular flexibility index (Phi) is 6.30. The number of likely N-dealkylation sites (N-methyl/N-ethyl adjacent to an activating group) is 1. The number of hydrogen-bond donors (Lipinski definition) is 1. The molecular formula is C14H17Cl2NO3. The summed E-state index contributed by atoms with van der Waals surface area (Å²) in [6.45, 7) is 1.49. The second-order valence-corrected chi connectivity index (χ2v) is 5.44. The van der Waals surface area contributed by atoms with Crippen LogP contribution in [-0.4, -0.2) is 35.0 Å². The van der Waals surface area contributed by atoms with Gasteiger partial charge in [0.25, 0.3) is 0 Å². The largest absolute Gasteiger partial charge is 0.480 e. The summed E-state index contributed by atoms with van der Waals surface area (Å²) in [5, 5.41) is 9.83. The first kappa shape index (κ1) is 16.8. The molecule has 0 radical (unpaired) electrons. The van der Waals surface area contributed by atoms with Crippen LogP contribution in [0.4, 0.5) is 0 Å². The molecule has 0 saturated carbocycles. The molecule has 1 rings (SSSR count). The molecule has 0 heterocycles. The molecule has 20 heavy (non-hydrogen) atoms. The maximum Gasteiger partial charge on any atom is 0.326 e. The van der Waals surface area contributed by atoms with E-state index < -0.39 is 12.0 Å². The number of halogens is 2. The Hall–Kier alpha value is -1.26. The molecule has 1 unspecified atom stereocenters. The molecule has 6 heteroatoms. The Morgan fingerprint density at radius 3 is 2.50 bits per heavy atom. The van der Waals surface area contributed by atoms with E-state index in [1.807, 2.05) is 6.07 Å². The van der Waals surface area contributed by atoms with Crippen molar-refractivity contribution in [2.24, 2.45) is 0 Å². The van der Waals surface area contributed by atoms with Crippen LogP contribution in [0.25, 0.3) is 0 Å². The molecule has 4 nitrogen and oxygen atoms in total. The smallest absolute Gasteiger partial charge is 0.326 e. The molecule has 0 bridgehead atoms. The molecule has 1 aromatic carbocycles. The van der Waals surface area contributed by atoms with Gasteiger partial charge in [-0.25, -0.2) is 4.79 Å². The zero-order valence-corrected chi connectivity index (χ0v) is 12.9. The minimum atomic E-state index is -1.01. The van der Waals surface area contributed by atoms with E-state index in [1.54, 1.807) is 12.1 Å². The number of carbonyl (C=O) groups is 2. The van der Waals surface area contributed by atoms with E-state index in [0.717, 1.165) is 5.56 Å². The fourth-order valence-corrected chi connectivity index (χ4v) is 2.02. The van der Waals surface area contributed by atoms with E-state index in [-0.39, 0.29) is 5.91 Å². The molecule has 0 fully saturated rings. The van der Waals surface area contributed by atoms with Gasteiger partial charge in [-0.15, -0.1) is 0 Å². The van der Waals surface area contributed by atoms with Crippen LogP contribution in [-0.2, 0) is 16.0 Å². The van der Waals surface area contributed by atoms with Gasteiger partial charge in [-0.1, -0.05) is 29.3 Å². The van der Waals surface area contributed by atoms with Gasteiger partial charge in [-0.2, -0.15) is 0 Å². The zero-order valence-electron chi connectivity index (χ0n) is 11.4. The van der Waals surface area contributed by atoms with Gasteiger partial charge >= 0.3 is 5.97 Å². The first-order chi connectivity index (χ1) is 9.32. The van der Waals surface area contributed by atoms with Gasteiger partial charge in [0.2, 0.25) is 5.91 Å². The van der Waals surface area contributed by atoms with E-state index in [9.17, 15) is 9.59 Å². The Labute approximate surface area is 128 Å². The van der Waals surface area contributed by atoms with Gasteiger partial charge in [0.05, 0.1) is 10.0 Å². The molecule has 0 saturated heterocycles. The van der Waals surface area contributed by atoms with Crippen LogP contribution < -0.4 is 0 Å². The first-order valence-electron chi connectivity index (χ1n) is 6.25. The molecule has 0 aliphatic heterocycles. The number of carbonyl (C=O) groups excluding carboxylic acids is 1. The average molecular weight is 318 g/mol. The lowest BCUT2D eigenvalue weighted by molar-refractivity contribution is -0.148. The standard InChI is InChI=1S/C14H17Cl2NO3/c1-9(14(19)20)17(2)13(18)5-3-4-10-6-7-11(15)12(16)8-10/h6-9H,3-5H2,1-2H3,(H,19,20). The number of rotatable bonds is 6. The minimum absolute atomic E-state index is 0.181. The third kappa shape index (κ3) is 4.69. The molecule has 1 aromatic rings. The highest BCUT2D eigenvalue weighted by atomic mass is 35.5. The van der Waals surface area contributed by atoms with Crippen molar-refractivity contribution in [2.75, 3.05) is 7.05 Å². The second kappa shape index (κ2) is 7.50. The van der Waals surface area contributed by atoms with Gasteiger partial charge in [-0.05, 0) is 37.5 Å². The van der Waals surface area contributed by atoms with Crippen LogP contribution >= 0.6 is 23.2 Å². The number of carboxylic acids is 1. The SMILES string of the molecule is CC(C(=O)O)N(C)C(=O)CCCc1ccc(Cl)c(Cl)c1. The lowest BCUT2D eigenvalue weighted by atomic mass is 10.1. The summed E-state index contributed by atoms with van der Waals surface area (Å²) in [6.07, 6.45) is 1.62. The van der Waals surface area contributed by atoms with Gasteiger partial charge in [0.1, 0.15) is 6.04 Å². The molecule has 110 valence electrons. The van der Waals surface area contributed by atoms with Crippen LogP contribution in [0.3, 0.4) is 0 Å². The Bertz CT molecular complexity index is 505. The fourth-order valence-electron chi connectivity index (χ4n) is 1.70. The Morgan fingerprint density at radius 2 is 1.95 bits per heavy atom. The first-order valence-corrected chi connectivity index (χ1v) is 7.01. The van der Waals surface area contributed by atoms with Crippen molar-refractivity contribution in [3.8, 4) is 0 Å². The molecule has 1 atom stereocenters. The monoisotopic (exact) mass is 317 g/mol. The molecule has 1 N–H and O–H groups in total. The molecule has 0 aliphatic rings. The maximum absolute atomic E-state index is 11.8. The molecule has 1 amide bonds. The average Bonchev–Trinajstić information content (AvgIpc) is 2.40. The predicted molar refractivity (Wildman–Crippen MR) is 79.3 cm³/mol. The summed E-state index contributed by atoms with van der Waals surface area (Å²) < 4.78 is 0. The summed E-state index contributed by atoms with van der Waals surface area (Å²) >= 11 is 11.7. The lowest BCUT2D eigenvalue weighted by Crippen LogP contribution is -2.40. The van der Waals surface area contributed by atoms with Crippen molar-refractivity contribution < 1.29 is 14.7 Å². The number of carboxylic acid groups (broad SMARTS) is 1. The number of hydrogen-bond acceptors (Lipinski definition) is 2. The van der Waals surface area contributed by atoms with Gasteiger partial charge < -0.3 is 10.0 Å². The highest BCUT2D eigenvalue weighted by molar-refractivity contribution is 6.42. The summed E-state index contributed by atoms with van der Waals surface area (Å²) in [4.78, 5) is 23.9. The van der Waals surface area contributed by atoms with Crippen LogP contribution in [0, 0.1) is 0 Å². The summed E-state index contributed by atoms with van der Waals surface area (Å²) in [6, 6.07) is 4.55. The van der Waals surface area contributed by atoms with Gasteiger partial charge in [0, 0.05) is 13.5 Å². The second-order valence-electron chi connectivity index (χ2n) is 4.62. The fraction of sp³-hybridized carbons (Fsp3) is 0.429. The number of aryl methyl sites for hydroxylation is 1. The molecular weight excluding hydrogens is 301 g/mol. The van der Waals surface area contributed by atoms with Crippen molar-refractivity contribution in [2.45, 2.75) is 32.2 Å². The summed E-state index contributed by atoms with van der Waals surface area (Å²) in [5.41, 5.74) is 1.00. The van der Waals surface area contributed by atoms with Crippen LogP contribution in [0.1, 0.15) is 25.3 Å².